The van der Waals surface area contributed by atoms with E-state index < -0.39 is 15.6 Å². The van der Waals surface area contributed by atoms with Crippen molar-refractivity contribution in [1.82, 2.24) is 15.2 Å². The van der Waals surface area contributed by atoms with E-state index in [0.717, 1.165) is 0 Å². The topological polar surface area (TPSA) is 117 Å². The van der Waals surface area contributed by atoms with E-state index in [1.54, 1.807) is 7.05 Å². The fourth-order valence-corrected chi connectivity index (χ4v) is 3.08. The van der Waals surface area contributed by atoms with E-state index in [4.69, 9.17) is 0 Å². The van der Waals surface area contributed by atoms with Gasteiger partial charge in [0.2, 0.25) is 0 Å². The van der Waals surface area contributed by atoms with Gasteiger partial charge in [-0.25, -0.2) is 18.5 Å². The molecule has 0 aliphatic carbocycles. The molecule has 0 aliphatic heterocycles. The largest absolute Gasteiger partial charge is 0.372 e. The number of nitrogens with zero attached hydrogens (tertiary/aromatic N) is 2. The van der Waals surface area contributed by atoms with E-state index in [0.29, 0.717) is 4.47 Å². The third-order valence-electron chi connectivity index (χ3n) is 2.26. The Balaban J connectivity index is 2.42. The standard InChI is InChI=1S/C10H10BrN5O3S/c1-12-10-7(4-6(11)5-13-10)20(18,19)16-8-2-3-9(17)15-14-8/h2-5H,1H3,(H,12,13)(H,14,16)(H,15,17). The van der Waals surface area contributed by atoms with Crippen molar-refractivity contribution in [1.29, 1.82) is 0 Å². The lowest BCUT2D eigenvalue weighted by Gasteiger charge is -2.10. The molecule has 0 spiro atoms. The van der Waals surface area contributed by atoms with Crippen LogP contribution in [-0.4, -0.2) is 30.6 Å². The van der Waals surface area contributed by atoms with Crippen LogP contribution in [0.25, 0.3) is 0 Å². The molecule has 0 fully saturated rings. The Hall–Kier alpha value is -1.94. The normalized spacial score (nSPS) is 11.1. The molecule has 0 radical (unpaired) electrons. The van der Waals surface area contributed by atoms with Crippen LogP contribution in [0.2, 0.25) is 0 Å². The predicted octanol–water partition coefficient (Wildman–Crippen LogP) is 0.770. The molecular weight excluding hydrogens is 350 g/mol. The number of aromatic amines is 1. The highest BCUT2D eigenvalue weighted by molar-refractivity contribution is 9.10. The maximum atomic E-state index is 12.3. The SMILES string of the molecule is CNc1ncc(Br)cc1S(=O)(=O)Nc1ccc(=O)[nH]n1. The molecule has 3 N–H and O–H groups in total. The molecule has 0 aromatic carbocycles. The van der Waals surface area contributed by atoms with Crippen molar-refractivity contribution in [3.8, 4) is 0 Å². The molecule has 2 rings (SSSR count). The lowest BCUT2D eigenvalue weighted by molar-refractivity contribution is 0.600. The van der Waals surface area contributed by atoms with Crippen LogP contribution in [0.3, 0.4) is 0 Å². The summed E-state index contributed by atoms with van der Waals surface area (Å²) < 4.78 is 27.3. The second-order valence-electron chi connectivity index (χ2n) is 3.66. The van der Waals surface area contributed by atoms with Crippen molar-refractivity contribution in [2.24, 2.45) is 0 Å². The summed E-state index contributed by atoms with van der Waals surface area (Å²) in [5.74, 6) is 0.205. The second-order valence-corrected chi connectivity index (χ2v) is 6.23. The number of hydrogen-bond donors (Lipinski definition) is 3. The second kappa shape index (κ2) is 5.59. The van der Waals surface area contributed by atoms with E-state index in [1.165, 1.54) is 24.4 Å². The molecule has 2 aromatic heterocycles. The zero-order valence-electron chi connectivity index (χ0n) is 10.2. The molecule has 2 aromatic rings. The number of pyridine rings is 1. The maximum Gasteiger partial charge on any atom is 0.266 e. The van der Waals surface area contributed by atoms with Crippen LogP contribution in [0, 0.1) is 0 Å². The van der Waals surface area contributed by atoms with Gasteiger partial charge in [-0.05, 0) is 28.1 Å². The highest BCUT2D eigenvalue weighted by Crippen LogP contribution is 2.24. The van der Waals surface area contributed by atoms with Crippen molar-refractivity contribution in [3.63, 3.8) is 0 Å². The highest BCUT2D eigenvalue weighted by atomic mass is 79.9. The molecule has 2 heterocycles. The van der Waals surface area contributed by atoms with Gasteiger partial charge >= 0.3 is 0 Å². The first-order chi connectivity index (χ1) is 9.42. The Morgan fingerprint density at radius 2 is 2.10 bits per heavy atom. The minimum atomic E-state index is -3.88. The molecular formula is C10H10BrN5O3S. The lowest BCUT2D eigenvalue weighted by atomic mass is 10.4. The number of anilines is 2. The Bertz CT molecular complexity index is 769. The quantitative estimate of drug-likeness (QED) is 0.742. The molecule has 8 nitrogen and oxygen atoms in total. The van der Waals surface area contributed by atoms with Crippen LogP contribution in [0.5, 0.6) is 0 Å². The van der Waals surface area contributed by atoms with E-state index in [9.17, 15) is 13.2 Å². The summed E-state index contributed by atoms with van der Waals surface area (Å²) in [5, 5.41) is 8.42. The van der Waals surface area contributed by atoms with E-state index >= 15 is 0 Å². The molecule has 0 saturated heterocycles. The van der Waals surface area contributed by atoms with Gasteiger partial charge in [0, 0.05) is 23.8 Å². The third-order valence-corrected chi connectivity index (χ3v) is 4.07. The van der Waals surface area contributed by atoms with Gasteiger partial charge in [0.15, 0.2) is 5.82 Å². The third kappa shape index (κ3) is 3.14. The summed E-state index contributed by atoms with van der Waals surface area (Å²) >= 11 is 3.17. The highest BCUT2D eigenvalue weighted by Gasteiger charge is 2.20. The van der Waals surface area contributed by atoms with Gasteiger partial charge in [0.25, 0.3) is 15.6 Å². The molecule has 0 amide bonds. The first-order valence-electron chi connectivity index (χ1n) is 5.34. The Labute approximate surface area is 122 Å². The van der Waals surface area contributed by atoms with Gasteiger partial charge in [0.1, 0.15) is 10.7 Å². The minimum absolute atomic E-state index is 0.00614. The smallest absolute Gasteiger partial charge is 0.266 e. The minimum Gasteiger partial charge on any atom is -0.372 e. The molecule has 0 atom stereocenters. The van der Waals surface area contributed by atoms with E-state index in [2.05, 4.69) is 41.2 Å². The number of hydrogen-bond acceptors (Lipinski definition) is 6. The summed E-state index contributed by atoms with van der Waals surface area (Å²) in [7, 11) is -2.32. The van der Waals surface area contributed by atoms with Gasteiger partial charge < -0.3 is 5.32 Å². The first-order valence-corrected chi connectivity index (χ1v) is 7.62. The van der Waals surface area contributed by atoms with Gasteiger partial charge in [-0.3, -0.25) is 9.52 Å². The number of sulfonamides is 1. The van der Waals surface area contributed by atoms with Gasteiger partial charge in [0.05, 0.1) is 0 Å². The van der Waals surface area contributed by atoms with Crippen molar-refractivity contribution < 1.29 is 8.42 Å². The van der Waals surface area contributed by atoms with Crippen molar-refractivity contribution in [2.45, 2.75) is 4.90 Å². The summed E-state index contributed by atoms with van der Waals surface area (Å²) in [6, 6.07) is 3.84. The predicted molar refractivity (Wildman–Crippen MR) is 77.1 cm³/mol. The molecule has 0 unspecified atom stereocenters. The number of halogens is 1. The zero-order valence-corrected chi connectivity index (χ0v) is 12.6. The fourth-order valence-electron chi connectivity index (χ4n) is 1.41. The first kappa shape index (κ1) is 14.5. The maximum absolute atomic E-state index is 12.3. The molecule has 10 heteroatoms. The fraction of sp³-hybridized carbons (Fsp3) is 0.100. The van der Waals surface area contributed by atoms with E-state index in [1.807, 2.05) is 0 Å². The molecule has 0 saturated carbocycles. The van der Waals surface area contributed by atoms with Crippen LogP contribution < -0.4 is 15.6 Å². The number of H-pyrrole nitrogens is 1. The Morgan fingerprint density at radius 3 is 2.70 bits per heavy atom. The van der Waals surface area contributed by atoms with Crippen LogP contribution in [0.4, 0.5) is 11.6 Å². The monoisotopic (exact) mass is 359 g/mol. The summed E-state index contributed by atoms with van der Waals surface area (Å²) in [5.41, 5.74) is -0.423. The zero-order chi connectivity index (χ0) is 14.8. The Morgan fingerprint density at radius 1 is 1.35 bits per heavy atom. The Kier molecular flexibility index (Phi) is 4.04. The van der Waals surface area contributed by atoms with Crippen molar-refractivity contribution in [3.05, 3.63) is 39.2 Å². The number of nitrogens with one attached hydrogen (secondary N) is 3. The summed E-state index contributed by atoms with van der Waals surface area (Å²) in [4.78, 5) is 14.8. The van der Waals surface area contributed by atoms with Gasteiger partial charge in [-0.2, -0.15) is 5.10 Å². The molecule has 0 bridgehead atoms. The molecule has 20 heavy (non-hydrogen) atoms. The van der Waals surface area contributed by atoms with Crippen molar-refractivity contribution in [2.75, 3.05) is 17.1 Å². The molecule has 0 aliphatic rings. The summed E-state index contributed by atoms with van der Waals surface area (Å²) in [6.07, 6.45) is 1.48. The average Bonchev–Trinajstić information content (AvgIpc) is 2.41. The van der Waals surface area contributed by atoms with Gasteiger partial charge in [-0.1, -0.05) is 0 Å². The van der Waals surface area contributed by atoms with Crippen molar-refractivity contribution >= 4 is 37.6 Å². The number of aromatic nitrogens is 3. The van der Waals surface area contributed by atoms with Crippen LogP contribution >= 0.6 is 15.9 Å². The summed E-state index contributed by atoms with van der Waals surface area (Å²) in [6.45, 7) is 0. The van der Waals surface area contributed by atoms with Crippen LogP contribution in [0.15, 0.2) is 38.6 Å². The average molecular weight is 360 g/mol. The molecule has 106 valence electrons. The van der Waals surface area contributed by atoms with Crippen LogP contribution in [-0.2, 0) is 10.0 Å². The lowest BCUT2D eigenvalue weighted by Crippen LogP contribution is -2.18. The van der Waals surface area contributed by atoms with Gasteiger partial charge in [-0.15, -0.1) is 0 Å². The van der Waals surface area contributed by atoms with Crippen LogP contribution in [0.1, 0.15) is 0 Å². The van der Waals surface area contributed by atoms with E-state index in [-0.39, 0.29) is 16.5 Å². The number of rotatable bonds is 4.